The molecule has 1 rings (SSSR count). The summed E-state index contributed by atoms with van der Waals surface area (Å²) in [6.07, 6.45) is 4.23. The molecule has 0 saturated carbocycles. The SMILES string of the molecule is O[B]O.[N-]=[N+]=NCCCCCCNc1cccc(O)c1. The van der Waals surface area contributed by atoms with E-state index in [9.17, 15) is 5.11 Å². The number of hydrogen-bond acceptors (Lipinski definition) is 5. The van der Waals surface area contributed by atoms with E-state index >= 15 is 0 Å². The highest BCUT2D eigenvalue weighted by atomic mass is 16.4. The van der Waals surface area contributed by atoms with E-state index in [-0.39, 0.29) is 13.4 Å². The highest BCUT2D eigenvalue weighted by Crippen LogP contribution is 2.15. The second-order valence-corrected chi connectivity index (χ2v) is 3.96. The Morgan fingerprint density at radius 3 is 2.55 bits per heavy atom. The van der Waals surface area contributed by atoms with Gasteiger partial charge in [-0.15, -0.1) is 0 Å². The van der Waals surface area contributed by atoms with Gasteiger partial charge in [0.2, 0.25) is 0 Å². The number of hydrogen-bond donors (Lipinski definition) is 4. The van der Waals surface area contributed by atoms with Crippen LogP contribution in [0.4, 0.5) is 5.69 Å². The predicted octanol–water partition coefficient (Wildman–Crippen LogP) is 2.18. The molecule has 0 unspecified atom stereocenters. The summed E-state index contributed by atoms with van der Waals surface area (Å²) < 4.78 is 0. The zero-order valence-corrected chi connectivity index (χ0v) is 11.3. The summed E-state index contributed by atoms with van der Waals surface area (Å²) in [7, 11) is 0. The van der Waals surface area contributed by atoms with Crippen molar-refractivity contribution < 1.29 is 15.2 Å². The van der Waals surface area contributed by atoms with Crippen LogP contribution in [0.1, 0.15) is 25.7 Å². The monoisotopic (exact) mass is 279 g/mol. The molecule has 1 aromatic carbocycles. The molecule has 0 spiro atoms. The maximum Gasteiger partial charge on any atom is 0.482 e. The molecule has 0 aliphatic carbocycles. The molecule has 7 nitrogen and oxygen atoms in total. The van der Waals surface area contributed by atoms with E-state index in [0.717, 1.165) is 37.9 Å². The Morgan fingerprint density at radius 2 is 1.90 bits per heavy atom. The van der Waals surface area contributed by atoms with Crippen LogP contribution in [0, 0.1) is 0 Å². The molecule has 0 atom stereocenters. The van der Waals surface area contributed by atoms with Gasteiger partial charge in [-0.2, -0.15) is 0 Å². The predicted molar refractivity (Wildman–Crippen MR) is 79.3 cm³/mol. The van der Waals surface area contributed by atoms with Crippen LogP contribution in [0.25, 0.3) is 10.4 Å². The summed E-state index contributed by atoms with van der Waals surface area (Å²) in [6, 6.07) is 7.11. The summed E-state index contributed by atoms with van der Waals surface area (Å²) >= 11 is 0. The summed E-state index contributed by atoms with van der Waals surface area (Å²) in [6.45, 7) is 1.49. The highest BCUT2D eigenvalue weighted by molar-refractivity contribution is 6.13. The number of rotatable bonds is 8. The number of azide groups is 1. The Hall–Kier alpha value is -1.89. The second-order valence-electron chi connectivity index (χ2n) is 3.96. The minimum atomic E-state index is 0. The van der Waals surface area contributed by atoms with Crippen LogP contribution in [-0.4, -0.2) is 35.9 Å². The number of benzene rings is 1. The molecule has 0 fully saturated rings. The van der Waals surface area contributed by atoms with Crippen LogP contribution >= 0.6 is 0 Å². The first kappa shape index (κ1) is 18.1. The molecule has 0 bridgehead atoms. The van der Waals surface area contributed by atoms with Gasteiger partial charge in [0.25, 0.3) is 0 Å². The maximum absolute atomic E-state index is 9.26. The number of phenols is 1. The lowest BCUT2D eigenvalue weighted by atomic mass is 10.2. The van der Waals surface area contributed by atoms with Crippen LogP contribution < -0.4 is 5.32 Å². The largest absolute Gasteiger partial charge is 0.508 e. The van der Waals surface area contributed by atoms with Gasteiger partial charge in [0.1, 0.15) is 5.75 Å². The lowest BCUT2D eigenvalue weighted by molar-refractivity contribution is 0.448. The van der Waals surface area contributed by atoms with Crippen LogP contribution in [0.15, 0.2) is 29.4 Å². The summed E-state index contributed by atoms with van der Waals surface area (Å²) in [5, 5.41) is 30.0. The van der Waals surface area contributed by atoms with Gasteiger partial charge < -0.3 is 20.5 Å². The van der Waals surface area contributed by atoms with Crippen LogP contribution in [0.5, 0.6) is 5.75 Å². The Labute approximate surface area is 119 Å². The smallest absolute Gasteiger partial charge is 0.482 e. The summed E-state index contributed by atoms with van der Waals surface area (Å²) in [4.78, 5) is 2.71. The molecule has 20 heavy (non-hydrogen) atoms. The van der Waals surface area contributed by atoms with Crippen molar-refractivity contribution in [1.82, 2.24) is 0 Å². The summed E-state index contributed by atoms with van der Waals surface area (Å²) in [5.74, 6) is 0.282. The first-order valence-electron chi connectivity index (χ1n) is 6.38. The molecule has 1 radical (unpaired) electrons. The maximum atomic E-state index is 9.26. The van der Waals surface area contributed by atoms with E-state index < -0.39 is 0 Å². The number of aromatic hydroxyl groups is 1. The van der Waals surface area contributed by atoms with Crippen molar-refractivity contribution in [2.45, 2.75) is 25.7 Å². The van der Waals surface area contributed by atoms with E-state index in [4.69, 9.17) is 15.6 Å². The molecule has 109 valence electrons. The first-order chi connectivity index (χ1) is 9.74. The van der Waals surface area contributed by atoms with E-state index in [0.29, 0.717) is 6.54 Å². The number of nitrogens with zero attached hydrogens (tertiary/aromatic N) is 3. The third-order valence-electron chi connectivity index (χ3n) is 2.42. The number of unbranched alkanes of at least 4 members (excludes halogenated alkanes) is 3. The van der Waals surface area contributed by atoms with E-state index in [1.54, 1.807) is 12.1 Å². The fourth-order valence-electron chi connectivity index (χ4n) is 1.55. The lowest BCUT2D eigenvalue weighted by Gasteiger charge is -2.06. The third-order valence-corrected chi connectivity index (χ3v) is 2.42. The van der Waals surface area contributed by atoms with Crippen molar-refractivity contribution in [1.29, 1.82) is 0 Å². The standard InChI is InChI=1S/C12H18N4O.BH2O2/c13-16-15-9-4-2-1-3-8-14-11-6-5-7-12(17)10-11;2-1-3/h5-7,10,14,17H,1-4,8-9H2;2-3H. The zero-order chi connectivity index (χ0) is 15.1. The Morgan fingerprint density at radius 1 is 1.20 bits per heavy atom. The van der Waals surface area contributed by atoms with Gasteiger partial charge in [-0.05, 0) is 30.5 Å². The molecule has 0 aromatic heterocycles. The fourth-order valence-corrected chi connectivity index (χ4v) is 1.55. The topological polar surface area (TPSA) is 121 Å². The molecular weight excluding hydrogens is 259 g/mol. The van der Waals surface area contributed by atoms with Crippen molar-refractivity contribution in [2.24, 2.45) is 5.11 Å². The van der Waals surface area contributed by atoms with Gasteiger partial charge >= 0.3 is 7.69 Å². The first-order valence-corrected chi connectivity index (χ1v) is 6.38. The highest BCUT2D eigenvalue weighted by Gasteiger charge is 1.93. The second kappa shape index (κ2) is 13.5. The van der Waals surface area contributed by atoms with Crippen molar-refractivity contribution in [3.8, 4) is 5.75 Å². The van der Waals surface area contributed by atoms with Crippen LogP contribution in [0.2, 0.25) is 0 Å². The minimum Gasteiger partial charge on any atom is -0.508 e. The zero-order valence-electron chi connectivity index (χ0n) is 11.3. The van der Waals surface area contributed by atoms with Crippen molar-refractivity contribution >= 4 is 13.4 Å². The molecule has 0 heterocycles. The Kier molecular flexibility index (Phi) is 12.3. The molecule has 1 aromatic rings. The number of nitrogens with one attached hydrogen (secondary N) is 1. The van der Waals surface area contributed by atoms with Gasteiger partial charge in [0, 0.05) is 29.8 Å². The molecule has 0 saturated heterocycles. The van der Waals surface area contributed by atoms with Gasteiger partial charge in [-0.1, -0.05) is 24.0 Å². The Balaban J connectivity index is 0.00000110. The van der Waals surface area contributed by atoms with E-state index in [2.05, 4.69) is 15.3 Å². The van der Waals surface area contributed by atoms with Crippen molar-refractivity contribution in [3.63, 3.8) is 0 Å². The molecule has 8 heteroatoms. The van der Waals surface area contributed by atoms with Crippen molar-refractivity contribution in [3.05, 3.63) is 34.7 Å². The average molecular weight is 279 g/mol. The fraction of sp³-hybridized carbons (Fsp3) is 0.500. The number of anilines is 1. The minimum absolute atomic E-state index is 0. The molecule has 0 aliphatic heterocycles. The summed E-state index contributed by atoms with van der Waals surface area (Å²) in [5.41, 5.74) is 9.03. The van der Waals surface area contributed by atoms with Gasteiger partial charge in [-0.25, -0.2) is 0 Å². The quantitative estimate of drug-likeness (QED) is 0.191. The third kappa shape index (κ3) is 11.2. The molecule has 4 N–H and O–H groups in total. The molecular formula is C12H20BN4O3. The van der Waals surface area contributed by atoms with Gasteiger partial charge in [-0.3, -0.25) is 0 Å². The van der Waals surface area contributed by atoms with Crippen LogP contribution in [-0.2, 0) is 0 Å². The number of phenolic OH excluding ortho intramolecular Hbond substituents is 1. The average Bonchev–Trinajstić information content (AvgIpc) is 2.43. The Bertz CT molecular complexity index is 400. The normalized spacial score (nSPS) is 8.90. The molecule has 0 aliphatic rings. The lowest BCUT2D eigenvalue weighted by Crippen LogP contribution is -2.01. The van der Waals surface area contributed by atoms with E-state index in [1.807, 2.05) is 12.1 Å². The van der Waals surface area contributed by atoms with Gasteiger partial charge in [0.15, 0.2) is 0 Å². The van der Waals surface area contributed by atoms with Crippen molar-refractivity contribution in [2.75, 3.05) is 18.4 Å². The molecule has 0 amide bonds. The van der Waals surface area contributed by atoms with Gasteiger partial charge in [0.05, 0.1) is 0 Å². The van der Waals surface area contributed by atoms with E-state index in [1.165, 1.54) is 0 Å². The van der Waals surface area contributed by atoms with Crippen LogP contribution in [0.3, 0.4) is 0 Å².